The van der Waals surface area contributed by atoms with Crippen LogP contribution in [-0.4, -0.2) is 52.2 Å². The molecule has 2 heterocycles. The van der Waals surface area contributed by atoms with Crippen LogP contribution < -0.4 is 10.1 Å². The lowest BCUT2D eigenvalue weighted by Crippen LogP contribution is -2.32. The van der Waals surface area contributed by atoms with E-state index in [9.17, 15) is 9.59 Å². The number of aryl methyl sites for hydroxylation is 1. The van der Waals surface area contributed by atoms with E-state index in [0.717, 1.165) is 38.8 Å². The highest BCUT2D eigenvalue weighted by Gasteiger charge is 2.22. The fourth-order valence-corrected chi connectivity index (χ4v) is 3.22. The Morgan fingerprint density at radius 3 is 2.65 bits per heavy atom. The van der Waals surface area contributed by atoms with Crippen molar-refractivity contribution in [2.24, 2.45) is 7.05 Å². The third kappa shape index (κ3) is 3.83. The van der Waals surface area contributed by atoms with Gasteiger partial charge in [-0.25, -0.2) is 4.68 Å². The first-order valence-corrected chi connectivity index (χ1v) is 8.39. The summed E-state index contributed by atoms with van der Waals surface area (Å²) in [7, 11) is 1.71. The molecule has 0 radical (unpaired) electrons. The predicted octanol–water partition coefficient (Wildman–Crippen LogP) is 1.09. The molecule has 0 aromatic carbocycles. The smallest absolute Gasteiger partial charge is 0.272 e. The van der Waals surface area contributed by atoms with Gasteiger partial charge in [0.25, 0.3) is 11.8 Å². The molecule has 2 amide bonds. The quantitative estimate of drug-likeness (QED) is 0.881. The van der Waals surface area contributed by atoms with Gasteiger partial charge in [0, 0.05) is 32.2 Å². The van der Waals surface area contributed by atoms with Crippen molar-refractivity contribution in [3.63, 3.8) is 0 Å². The second-order valence-corrected chi connectivity index (χ2v) is 6.32. The summed E-state index contributed by atoms with van der Waals surface area (Å²) in [6.07, 6.45) is 6.52. The zero-order valence-corrected chi connectivity index (χ0v) is 13.6. The van der Waals surface area contributed by atoms with Crippen LogP contribution in [-0.2, 0) is 11.8 Å². The van der Waals surface area contributed by atoms with E-state index in [1.807, 2.05) is 4.90 Å². The number of amides is 2. The molecule has 0 unspecified atom stereocenters. The van der Waals surface area contributed by atoms with Gasteiger partial charge in [0.1, 0.15) is 0 Å². The highest BCUT2D eigenvalue weighted by molar-refractivity contribution is 5.92. The second kappa shape index (κ2) is 7.02. The van der Waals surface area contributed by atoms with Gasteiger partial charge in [-0.2, -0.15) is 5.10 Å². The summed E-state index contributed by atoms with van der Waals surface area (Å²) >= 11 is 0. The second-order valence-electron chi connectivity index (χ2n) is 6.32. The van der Waals surface area contributed by atoms with Crippen molar-refractivity contribution in [2.45, 2.75) is 44.6 Å². The molecule has 7 heteroatoms. The highest BCUT2D eigenvalue weighted by atomic mass is 16.5. The standard InChI is InChI=1S/C16H24N4O3/c1-19-15(23-11-14(21)20-8-4-5-9-20)10-13(18-19)16(22)17-12-6-2-3-7-12/h10,12H,2-9,11H2,1H3,(H,17,22). The van der Waals surface area contributed by atoms with Gasteiger partial charge in [0.15, 0.2) is 12.3 Å². The van der Waals surface area contributed by atoms with Gasteiger partial charge in [-0.05, 0) is 25.7 Å². The molecule has 1 N–H and O–H groups in total. The highest BCUT2D eigenvalue weighted by Crippen LogP contribution is 2.19. The van der Waals surface area contributed by atoms with E-state index in [4.69, 9.17) is 4.74 Å². The van der Waals surface area contributed by atoms with E-state index in [0.29, 0.717) is 11.6 Å². The monoisotopic (exact) mass is 320 g/mol. The van der Waals surface area contributed by atoms with Gasteiger partial charge in [0.2, 0.25) is 5.88 Å². The lowest BCUT2D eigenvalue weighted by molar-refractivity contribution is -0.132. The van der Waals surface area contributed by atoms with Gasteiger partial charge in [-0.1, -0.05) is 12.8 Å². The topological polar surface area (TPSA) is 76.5 Å². The first kappa shape index (κ1) is 15.8. The molecule has 2 aliphatic rings. The van der Waals surface area contributed by atoms with Crippen LogP contribution in [0.4, 0.5) is 0 Å². The number of aromatic nitrogens is 2. The summed E-state index contributed by atoms with van der Waals surface area (Å²) in [6.45, 7) is 1.61. The van der Waals surface area contributed by atoms with E-state index in [1.165, 1.54) is 17.5 Å². The molecule has 1 aliphatic heterocycles. The molecule has 0 atom stereocenters. The van der Waals surface area contributed by atoms with E-state index < -0.39 is 0 Å². The summed E-state index contributed by atoms with van der Waals surface area (Å²) in [5.41, 5.74) is 0.336. The maximum absolute atomic E-state index is 12.2. The van der Waals surface area contributed by atoms with Crippen LogP contribution in [0.15, 0.2) is 6.07 Å². The number of nitrogens with one attached hydrogen (secondary N) is 1. The van der Waals surface area contributed by atoms with Crippen molar-refractivity contribution in [2.75, 3.05) is 19.7 Å². The molecular formula is C16H24N4O3. The molecule has 3 rings (SSSR count). The first-order chi connectivity index (χ1) is 11.1. The summed E-state index contributed by atoms with van der Waals surface area (Å²) in [5.74, 6) is 0.253. The lowest BCUT2D eigenvalue weighted by atomic mass is 10.2. The summed E-state index contributed by atoms with van der Waals surface area (Å²) in [5, 5.41) is 7.18. The van der Waals surface area contributed by atoms with Crippen LogP contribution in [0, 0.1) is 0 Å². The molecule has 2 fully saturated rings. The molecule has 1 aromatic heterocycles. The van der Waals surface area contributed by atoms with Gasteiger partial charge in [0.05, 0.1) is 0 Å². The predicted molar refractivity (Wildman–Crippen MR) is 84.2 cm³/mol. The minimum atomic E-state index is -0.173. The van der Waals surface area contributed by atoms with E-state index in [2.05, 4.69) is 10.4 Å². The molecule has 23 heavy (non-hydrogen) atoms. The molecule has 7 nitrogen and oxygen atoms in total. The maximum Gasteiger partial charge on any atom is 0.272 e. The lowest BCUT2D eigenvalue weighted by Gasteiger charge is -2.15. The van der Waals surface area contributed by atoms with Gasteiger partial charge < -0.3 is 15.0 Å². The van der Waals surface area contributed by atoms with Gasteiger partial charge in [-0.3, -0.25) is 9.59 Å². The minimum Gasteiger partial charge on any atom is -0.468 e. The normalized spacial score (nSPS) is 18.4. The van der Waals surface area contributed by atoms with Crippen LogP contribution in [0.5, 0.6) is 5.88 Å². The Morgan fingerprint density at radius 2 is 1.96 bits per heavy atom. The SMILES string of the molecule is Cn1nc(C(=O)NC2CCCC2)cc1OCC(=O)N1CCCC1. The van der Waals surface area contributed by atoms with Crippen LogP contribution in [0.25, 0.3) is 0 Å². The molecule has 0 spiro atoms. The van der Waals surface area contributed by atoms with Crippen molar-refractivity contribution in [1.29, 1.82) is 0 Å². The van der Waals surface area contributed by atoms with E-state index in [1.54, 1.807) is 13.1 Å². The van der Waals surface area contributed by atoms with Crippen LogP contribution >= 0.6 is 0 Å². The number of hydrogen-bond donors (Lipinski definition) is 1. The van der Waals surface area contributed by atoms with E-state index in [-0.39, 0.29) is 24.5 Å². The summed E-state index contributed by atoms with van der Waals surface area (Å²) in [4.78, 5) is 26.0. The van der Waals surface area contributed by atoms with Crippen molar-refractivity contribution in [1.82, 2.24) is 20.0 Å². The van der Waals surface area contributed by atoms with Crippen molar-refractivity contribution in [3.8, 4) is 5.88 Å². The molecule has 1 saturated heterocycles. The fourth-order valence-electron chi connectivity index (χ4n) is 3.22. The summed E-state index contributed by atoms with van der Waals surface area (Å²) in [6, 6.07) is 1.85. The van der Waals surface area contributed by atoms with Crippen LogP contribution in [0.1, 0.15) is 49.0 Å². The molecule has 1 aliphatic carbocycles. The van der Waals surface area contributed by atoms with Gasteiger partial charge in [-0.15, -0.1) is 0 Å². The molecule has 1 saturated carbocycles. The Labute approximate surface area is 136 Å². The average molecular weight is 320 g/mol. The zero-order chi connectivity index (χ0) is 16.2. The average Bonchev–Trinajstić information content (AvgIpc) is 3.27. The van der Waals surface area contributed by atoms with E-state index >= 15 is 0 Å². The first-order valence-electron chi connectivity index (χ1n) is 8.39. The molecular weight excluding hydrogens is 296 g/mol. The number of carbonyl (C=O) groups is 2. The summed E-state index contributed by atoms with van der Waals surface area (Å²) < 4.78 is 7.04. The molecule has 126 valence electrons. The van der Waals surface area contributed by atoms with Gasteiger partial charge >= 0.3 is 0 Å². The number of rotatable bonds is 5. The Kier molecular flexibility index (Phi) is 4.83. The largest absolute Gasteiger partial charge is 0.468 e. The zero-order valence-electron chi connectivity index (χ0n) is 13.6. The Balaban J connectivity index is 1.54. The third-order valence-electron chi connectivity index (χ3n) is 4.56. The Hall–Kier alpha value is -2.05. The van der Waals surface area contributed by atoms with Crippen molar-refractivity contribution in [3.05, 3.63) is 11.8 Å². The van der Waals surface area contributed by atoms with Crippen molar-refractivity contribution < 1.29 is 14.3 Å². The Morgan fingerprint density at radius 1 is 1.26 bits per heavy atom. The number of likely N-dealkylation sites (tertiary alicyclic amines) is 1. The van der Waals surface area contributed by atoms with Crippen LogP contribution in [0.2, 0.25) is 0 Å². The van der Waals surface area contributed by atoms with Crippen LogP contribution in [0.3, 0.4) is 0 Å². The number of carbonyl (C=O) groups excluding carboxylic acids is 2. The molecule has 1 aromatic rings. The number of hydrogen-bond acceptors (Lipinski definition) is 4. The minimum absolute atomic E-state index is 0.0107. The number of nitrogens with zero attached hydrogens (tertiary/aromatic N) is 3. The molecule has 0 bridgehead atoms. The third-order valence-corrected chi connectivity index (χ3v) is 4.56. The Bertz CT molecular complexity index is 572. The van der Waals surface area contributed by atoms with Crippen molar-refractivity contribution >= 4 is 11.8 Å². The fraction of sp³-hybridized carbons (Fsp3) is 0.688. The number of ether oxygens (including phenoxy) is 1. The maximum atomic E-state index is 12.2.